The van der Waals surface area contributed by atoms with E-state index in [0.717, 1.165) is 75.6 Å². The SMILES string of the molecule is CC(C)(C)c1ccc(CCOc2ncnc3ccccc23)cc1.CC(C)[C@H](C(=O)O[C@H](C#N)c1cccc(Oc2ccccc2)c1)c1ccc(Cl)cc1.CCCSP(=O)(OCC)SCCC.CCOP(=O)(NC(C)C)Oc1ccc(SC)c(C)c1.CCOc1cc(OP(=S)(OC)OC)nc(CC)n1.CCOc1ccc(C(C)(C)COCc2cccc(Oc3ccccc3)c2)cc1. The van der Waals surface area contributed by atoms with Gasteiger partial charge in [-0.05, 0) is 215 Å². The Morgan fingerprint density at radius 2 is 1.15 bits per heavy atom. The highest BCUT2D eigenvalue weighted by molar-refractivity contribution is 8.89. The van der Waals surface area contributed by atoms with Crippen molar-refractivity contribution in [3.8, 4) is 58.2 Å². The minimum atomic E-state index is -3.30. The van der Waals surface area contributed by atoms with Gasteiger partial charge in [0.15, 0.2) is 0 Å². The number of fused-ring (bicyclic) bond motifs is 1. The number of halogens is 1. The second-order valence-electron chi connectivity index (χ2n) is 31.4. The van der Waals surface area contributed by atoms with Crippen LogP contribution in [-0.2, 0) is 83.6 Å². The van der Waals surface area contributed by atoms with Gasteiger partial charge in [-0.15, -0.1) is 11.8 Å². The minimum Gasteiger partial charge on any atom is -0.494 e. The summed E-state index contributed by atoms with van der Waals surface area (Å²) in [6.07, 6.45) is 6.17. The number of aryl methyl sites for hydroxylation is 2. The zero-order valence-electron chi connectivity index (χ0n) is 79.1. The topological polar surface area (TPSA) is 259 Å². The Kier molecular flexibility index (Phi) is 49.4. The van der Waals surface area contributed by atoms with Crippen molar-refractivity contribution in [1.82, 2.24) is 25.0 Å². The number of hydrogen-bond donors (Lipinski definition) is 1. The second-order valence-corrected chi connectivity index (χ2v) is 45.2. The van der Waals surface area contributed by atoms with Crippen LogP contribution in [-0.4, -0.2) is 104 Å². The van der Waals surface area contributed by atoms with E-state index in [2.05, 4.69) is 122 Å². The number of carbonyl (C=O) groups is 1. The van der Waals surface area contributed by atoms with E-state index >= 15 is 0 Å². The average molecular weight is 1940 g/mol. The van der Waals surface area contributed by atoms with E-state index in [0.29, 0.717) is 104 Å². The third kappa shape index (κ3) is 40.1. The molecule has 0 aliphatic carbocycles. The van der Waals surface area contributed by atoms with Crippen LogP contribution in [0, 0.1) is 24.2 Å². The number of carbonyl (C=O) groups excluding carboxylic acids is 1. The van der Waals surface area contributed by atoms with Gasteiger partial charge in [0.1, 0.15) is 52.7 Å². The summed E-state index contributed by atoms with van der Waals surface area (Å²) >= 11 is 15.7. The zero-order valence-corrected chi connectivity index (χ0v) is 85.8. The average Bonchev–Trinajstić information content (AvgIpc) is 0.939. The highest BCUT2D eigenvalue weighted by Gasteiger charge is 2.31. The number of thioether (sulfide) groups is 1. The van der Waals surface area contributed by atoms with Crippen molar-refractivity contribution in [2.24, 2.45) is 5.92 Å². The molecule has 1 N–H and O–H groups in total. The number of para-hydroxylation sites is 3. The van der Waals surface area contributed by atoms with Gasteiger partial charge in [0, 0.05) is 77.3 Å². The summed E-state index contributed by atoms with van der Waals surface area (Å²) in [4.78, 5) is 31.0. The first kappa shape index (κ1) is 111. The molecule has 0 aliphatic heterocycles. The van der Waals surface area contributed by atoms with E-state index in [1.54, 1.807) is 67.5 Å². The molecule has 0 saturated heterocycles. The maximum Gasteiger partial charge on any atom is 0.458 e. The molecular weight excluding hydrogens is 1810 g/mol. The highest BCUT2D eigenvalue weighted by Crippen LogP contribution is 2.70. The van der Waals surface area contributed by atoms with E-state index < -0.39 is 38.2 Å². The van der Waals surface area contributed by atoms with Gasteiger partial charge in [-0.2, -0.15) is 15.2 Å². The summed E-state index contributed by atoms with van der Waals surface area (Å²) in [5, 5.41) is 14.1. The summed E-state index contributed by atoms with van der Waals surface area (Å²) in [7, 11) is -0.417. The van der Waals surface area contributed by atoms with Crippen LogP contribution in [0.25, 0.3) is 10.9 Å². The third-order valence-electron chi connectivity index (χ3n) is 18.6. The molecule has 11 rings (SSSR count). The maximum atomic E-state index is 13.0. The fourth-order valence-corrected chi connectivity index (χ4v) is 22.4. The van der Waals surface area contributed by atoms with Gasteiger partial charge in [0.25, 0.3) is 0 Å². The van der Waals surface area contributed by atoms with Crippen LogP contribution in [0.3, 0.4) is 0 Å². The molecule has 9 aromatic carbocycles. The number of benzene rings is 9. The van der Waals surface area contributed by atoms with Crippen molar-refractivity contribution in [2.45, 2.75) is 184 Å². The summed E-state index contributed by atoms with van der Waals surface area (Å²) in [5.74, 6) is 4.85. The molecule has 0 saturated carbocycles. The Hall–Kier alpha value is -8.83. The fraction of sp³-hybridized carbons (Fsp3) is 0.386. The Balaban J connectivity index is 0.000000247. The van der Waals surface area contributed by atoms with E-state index in [1.807, 2.05) is 214 Å². The summed E-state index contributed by atoms with van der Waals surface area (Å²) < 4.78 is 96.3. The monoisotopic (exact) mass is 1940 g/mol. The first-order valence-electron chi connectivity index (χ1n) is 43.8. The van der Waals surface area contributed by atoms with E-state index in [-0.39, 0.29) is 22.8 Å². The van der Waals surface area contributed by atoms with Crippen molar-refractivity contribution in [1.29, 1.82) is 5.26 Å². The predicted molar refractivity (Wildman–Crippen MR) is 541 cm³/mol. The van der Waals surface area contributed by atoms with Crippen molar-refractivity contribution in [2.75, 3.05) is 71.6 Å². The van der Waals surface area contributed by atoms with Gasteiger partial charge in [-0.1, -0.05) is 225 Å². The van der Waals surface area contributed by atoms with Crippen LogP contribution >= 0.6 is 66.4 Å². The lowest BCUT2D eigenvalue weighted by Crippen LogP contribution is -2.24. The molecule has 11 aromatic rings. The number of nitrogens with zero attached hydrogens (tertiary/aromatic N) is 5. The lowest BCUT2D eigenvalue weighted by Gasteiger charge is -2.25. The molecule has 706 valence electrons. The maximum absolute atomic E-state index is 13.0. The lowest BCUT2D eigenvalue weighted by atomic mass is 9.85. The van der Waals surface area contributed by atoms with Gasteiger partial charge in [-0.25, -0.2) is 19.6 Å². The van der Waals surface area contributed by atoms with Gasteiger partial charge in [-0.3, -0.25) is 13.9 Å². The highest BCUT2D eigenvalue weighted by atomic mass is 35.5. The van der Waals surface area contributed by atoms with Gasteiger partial charge >= 0.3 is 26.2 Å². The standard InChI is InChI=1S/C25H22ClNO3.C25H28O3.C20H22N2O.C13H22NO3PS.C10H17N2O4PS.C8H19O2PS2/c1-17(2)24(18-11-13-20(26)14-12-18)25(28)30-23(16-27)19-7-6-10-22(15-19)29-21-8-4-3-5-9-21;1-4-27-22-15-13-21(14-16-22)25(2,3)19-26-18-20-9-8-12-24(17-20)28-23-10-6-5-7-11-23;1-20(2,3)16-10-8-15(9-11-16)12-13-23-19-17-6-4-5-7-18(17)21-14-22-19;1-6-16-18(15,14-10(2)3)17-12-7-8-13(19-5)11(4)9-12;1-5-8-11-9(15-6-2)7-10(12-8)16-17(18,13-3)14-4;1-4-7-12-11(9,10-6-3)13-8-5-2/h3-15,17,23-24H,1-2H3;5-17H,4,18-19H2,1-3H3;4-11,14H,12-13H2,1-3H3;7-10H,6H2,1-5H3,(H,14,15);7H,5-6H2,1-4H3;4-8H2,1-3H3/t23-,24+;;;;;/m1...../s1. The second kappa shape index (κ2) is 58.4. The Labute approximate surface area is 800 Å². The van der Waals surface area contributed by atoms with Crippen molar-refractivity contribution >= 4 is 95.0 Å². The summed E-state index contributed by atoms with van der Waals surface area (Å²) in [6, 6.07) is 75.5. The largest absolute Gasteiger partial charge is 0.494 e. The number of hydrogen-bond acceptors (Lipinski definition) is 25. The quantitative estimate of drug-likeness (QED) is 0.0212. The number of nitriles is 1. The molecule has 0 bridgehead atoms. The smallest absolute Gasteiger partial charge is 0.458 e. The zero-order chi connectivity index (χ0) is 95.8. The van der Waals surface area contributed by atoms with E-state index in [4.69, 9.17) is 83.7 Å². The number of rotatable bonds is 42. The van der Waals surface area contributed by atoms with Crippen molar-refractivity contribution < 1.29 is 74.2 Å². The molecule has 0 aliphatic rings. The van der Waals surface area contributed by atoms with Gasteiger partial charge in [0.2, 0.25) is 23.7 Å². The molecule has 3 atom stereocenters. The van der Waals surface area contributed by atoms with E-state index in [1.165, 1.54) is 58.6 Å². The third-order valence-corrected chi connectivity index (χ3v) is 32.0. The molecule has 0 fully saturated rings. The summed E-state index contributed by atoms with van der Waals surface area (Å²) in [6.45, 7) is 35.5. The molecule has 0 amide bonds. The Morgan fingerprint density at radius 1 is 0.573 bits per heavy atom. The van der Waals surface area contributed by atoms with Crippen LogP contribution in [0.2, 0.25) is 5.02 Å². The van der Waals surface area contributed by atoms with Gasteiger partial charge in [0.05, 0.1) is 69.1 Å². The first-order valence-corrected chi connectivity index (χ1v) is 54.3. The molecule has 2 aromatic heterocycles. The van der Waals surface area contributed by atoms with Crippen LogP contribution < -0.4 is 37.8 Å². The summed E-state index contributed by atoms with van der Waals surface area (Å²) in [5.41, 5.74) is 8.42. The number of ether oxygens (including phenoxy) is 7. The Morgan fingerprint density at radius 3 is 1.69 bits per heavy atom. The molecule has 30 heteroatoms. The van der Waals surface area contributed by atoms with Crippen LogP contribution in [0.1, 0.15) is 180 Å². The van der Waals surface area contributed by atoms with Crippen LogP contribution in [0.5, 0.6) is 52.1 Å². The van der Waals surface area contributed by atoms with Crippen LogP contribution in [0.15, 0.2) is 242 Å². The fourth-order valence-electron chi connectivity index (χ4n) is 12.2. The molecule has 22 nitrogen and oxygen atoms in total. The number of esters is 1. The number of nitrogens with one attached hydrogen (secondary N) is 1. The first-order chi connectivity index (χ1) is 62.7. The predicted octanol–water partition coefficient (Wildman–Crippen LogP) is 28.6. The van der Waals surface area contributed by atoms with Crippen molar-refractivity contribution in [3.63, 3.8) is 0 Å². The molecule has 131 heavy (non-hydrogen) atoms. The number of aromatic nitrogens is 4. The molecular formula is C101H130ClN6O16P3S4. The molecule has 1 unspecified atom stereocenters. The Bertz CT molecular complexity index is 5350. The molecule has 0 spiro atoms. The van der Waals surface area contributed by atoms with Crippen LogP contribution in [0.4, 0.5) is 0 Å². The molecule has 0 radical (unpaired) electrons. The normalized spacial score (nSPS) is 12.2. The van der Waals surface area contributed by atoms with Gasteiger partial charge < -0.3 is 55.8 Å². The minimum absolute atomic E-state index is 0.00855. The molecule has 2 heterocycles. The van der Waals surface area contributed by atoms with Crippen molar-refractivity contribution in [3.05, 3.63) is 287 Å². The van der Waals surface area contributed by atoms with E-state index in [9.17, 15) is 19.2 Å². The lowest BCUT2D eigenvalue weighted by molar-refractivity contribution is -0.150.